The molecule has 2 aromatic heterocycles. The smallest absolute Gasteiger partial charge is 0.0992 e. The van der Waals surface area contributed by atoms with Gasteiger partial charge in [-0.25, -0.2) is 0 Å². The third kappa shape index (κ3) is 3.40. The predicted molar refractivity (Wildman–Crippen MR) is 170 cm³/mol. The van der Waals surface area contributed by atoms with E-state index in [0.717, 1.165) is 55.3 Å². The summed E-state index contributed by atoms with van der Waals surface area (Å²) in [5, 5.41) is 24.4. The molecule has 0 N–H and O–H groups in total. The first kappa shape index (κ1) is 23.8. The van der Waals surface area contributed by atoms with Crippen LogP contribution in [0.2, 0.25) is 0 Å². The van der Waals surface area contributed by atoms with Crippen LogP contribution in [0.5, 0.6) is 0 Å². The summed E-state index contributed by atoms with van der Waals surface area (Å²) >= 11 is 0. The summed E-state index contributed by atoms with van der Waals surface area (Å²) in [4.78, 5) is 0. The summed E-state index contributed by atoms with van der Waals surface area (Å²) in [6.07, 6.45) is 0. The SMILES string of the molecule is N#Cc1cc(C#N)cc(-c2c(-n3c4ccccc4c4ccccc43)ccc3c2c2ccccc2n3-c2ccccc2)c1. The van der Waals surface area contributed by atoms with E-state index in [-0.39, 0.29) is 0 Å². The van der Waals surface area contributed by atoms with Gasteiger partial charge in [0.05, 0.1) is 51.0 Å². The Kier molecular flexibility index (Phi) is 5.22. The average molecular weight is 535 g/mol. The first-order valence-corrected chi connectivity index (χ1v) is 13.8. The largest absolute Gasteiger partial charge is 0.309 e. The highest BCUT2D eigenvalue weighted by Crippen LogP contribution is 2.44. The van der Waals surface area contributed by atoms with Gasteiger partial charge >= 0.3 is 0 Å². The Bertz CT molecular complexity index is 2340. The van der Waals surface area contributed by atoms with Gasteiger partial charge < -0.3 is 9.13 Å². The van der Waals surface area contributed by atoms with Crippen LogP contribution in [0.1, 0.15) is 11.1 Å². The van der Waals surface area contributed by atoms with E-state index in [2.05, 4.69) is 130 Å². The van der Waals surface area contributed by atoms with Crippen molar-refractivity contribution in [1.29, 1.82) is 10.5 Å². The highest BCUT2D eigenvalue weighted by atomic mass is 15.0. The zero-order chi connectivity index (χ0) is 28.2. The molecular weight excluding hydrogens is 512 g/mol. The summed E-state index contributed by atoms with van der Waals surface area (Å²) < 4.78 is 4.61. The summed E-state index contributed by atoms with van der Waals surface area (Å²) in [6, 6.07) is 50.2. The number of nitrogens with zero attached hydrogens (tertiary/aromatic N) is 4. The van der Waals surface area contributed by atoms with E-state index in [4.69, 9.17) is 0 Å². The molecule has 0 aliphatic heterocycles. The topological polar surface area (TPSA) is 57.4 Å². The van der Waals surface area contributed by atoms with Crippen molar-refractivity contribution in [1.82, 2.24) is 9.13 Å². The highest BCUT2D eigenvalue weighted by Gasteiger charge is 2.22. The molecule has 42 heavy (non-hydrogen) atoms. The normalized spacial score (nSPS) is 11.3. The fraction of sp³-hybridized carbons (Fsp3) is 0. The third-order valence-electron chi connectivity index (χ3n) is 8.13. The summed E-state index contributed by atoms with van der Waals surface area (Å²) in [5.74, 6) is 0. The molecule has 4 nitrogen and oxygen atoms in total. The van der Waals surface area contributed by atoms with Gasteiger partial charge in [-0.05, 0) is 66.2 Å². The summed E-state index contributed by atoms with van der Waals surface area (Å²) in [7, 11) is 0. The highest BCUT2D eigenvalue weighted by molar-refractivity contribution is 6.19. The molecule has 0 fully saturated rings. The lowest BCUT2D eigenvalue weighted by Crippen LogP contribution is -1.99. The van der Waals surface area contributed by atoms with E-state index in [0.29, 0.717) is 11.1 Å². The van der Waals surface area contributed by atoms with Crippen molar-refractivity contribution in [3.8, 4) is 34.6 Å². The van der Waals surface area contributed by atoms with Crippen LogP contribution in [0.3, 0.4) is 0 Å². The predicted octanol–water partition coefficient (Wildman–Crippen LogP) is 9.29. The van der Waals surface area contributed by atoms with Crippen molar-refractivity contribution in [3.05, 3.63) is 145 Å². The molecule has 0 radical (unpaired) electrons. The quantitative estimate of drug-likeness (QED) is 0.227. The van der Waals surface area contributed by atoms with Crippen molar-refractivity contribution in [2.45, 2.75) is 0 Å². The lowest BCUT2D eigenvalue weighted by atomic mass is 9.94. The van der Waals surface area contributed by atoms with Gasteiger partial charge in [-0.2, -0.15) is 10.5 Å². The Hall–Kier alpha value is -6.10. The Morgan fingerprint density at radius 1 is 0.452 bits per heavy atom. The summed E-state index contributed by atoms with van der Waals surface area (Å²) in [5.41, 5.74) is 9.16. The molecule has 2 heterocycles. The van der Waals surface area contributed by atoms with E-state index in [1.54, 1.807) is 6.07 Å². The van der Waals surface area contributed by atoms with Crippen LogP contribution in [0.4, 0.5) is 0 Å². The van der Waals surface area contributed by atoms with Crippen LogP contribution in [-0.4, -0.2) is 9.13 Å². The monoisotopic (exact) mass is 534 g/mol. The summed E-state index contributed by atoms with van der Waals surface area (Å²) in [6.45, 7) is 0. The fourth-order valence-corrected chi connectivity index (χ4v) is 6.47. The molecular formula is C38H22N4. The lowest BCUT2D eigenvalue weighted by Gasteiger charge is -2.17. The second-order valence-corrected chi connectivity index (χ2v) is 10.4. The number of fused-ring (bicyclic) bond motifs is 6. The maximum Gasteiger partial charge on any atom is 0.0992 e. The van der Waals surface area contributed by atoms with E-state index in [9.17, 15) is 10.5 Å². The molecule has 0 atom stereocenters. The number of para-hydroxylation sites is 4. The molecule has 8 aromatic rings. The minimum atomic E-state index is 0.459. The second kappa shape index (κ2) is 9.24. The molecule has 0 bridgehead atoms. The molecule has 0 aliphatic rings. The molecule has 8 rings (SSSR count). The zero-order valence-electron chi connectivity index (χ0n) is 22.5. The number of nitriles is 2. The maximum atomic E-state index is 9.93. The lowest BCUT2D eigenvalue weighted by molar-refractivity contribution is 1.17. The minimum Gasteiger partial charge on any atom is -0.309 e. The standard InChI is InChI=1S/C38H22N4/c39-23-25-20-26(24-40)22-27(21-25)37-35(42-32-15-7-4-12-29(32)30-13-5-8-16-33(30)42)18-19-36-38(37)31-14-6-9-17-34(31)41(36)28-10-2-1-3-11-28/h1-22H. The number of hydrogen-bond acceptors (Lipinski definition) is 2. The fourth-order valence-electron chi connectivity index (χ4n) is 6.47. The van der Waals surface area contributed by atoms with Crippen LogP contribution < -0.4 is 0 Å². The van der Waals surface area contributed by atoms with Gasteiger partial charge in [0.2, 0.25) is 0 Å². The van der Waals surface area contributed by atoms with E-state index < -0.39 is 0 Å². The van der Waals surface area contributed by atoms with Gasteiger partial charge in [-0.15, -0.1) is 0 Å². The van der Waals surface area contributed by atoms with Gasteiger partial charge in [0.1, 0.15) is 0 Å². The van der Waals surface area contributed by atoms with Crippen molar-refractivity contribution in [3.63, 3.8) is 0 Å². The first-order valence-electron chi connectivity index (χ1n) is 13.8. The molecule has 0 unspecified atom stereocenters. The van der Waals surface area contributed by atoms with Crippen molar-refractivity contribution < 1.29 is 0 Å². The maximum absolute atomic E-state index is 9.93. The van der Waals surface area contributed by atoms with Crippen LogP contribution in [0.15, 0.2) is 133 Å². The van der Waals surface area contributed by atoms with Crippen molar-refractivity contribution in [2.24, 2.45) is 0 Å². The van der Waals surface area contributed by atoms with E-state index >= 15 is 0 Å². The van der Waals surface area contributed by atoms with E-state index in [1.807, 2.05) is 18.2 Å². The Labute approximate surface area is 242 Å². The van der Waals surface area contributed by atoms with Crippen LogP contribution in [-0.2, 0) is 0 Å². The third-order valence-corrected chi connectivity index (χ3v) is 8.13. The molecule has 0 spiro atoms. The van der Waals surface area contributed by atoms with Crippen molar-refractivity contribution >= 4 is 43.6 Å². The Morgan fingerprint density at radius 2 is 0.976 bits per heavy atom. The molecule has 194 valence electrons. The molecule has 0 aliphatic carbocycles. The number of hydrogen-bond donors (Lipinski definition) is 0. The van der Waals surface area contributed by atoms with Gasteiger partial charge in [0, 0.05) is 32.8 Å². The van der Waals surface area contributed by atoms with E-state index in [1.165, 1.54) is 10.8 Å². The van der Waals surface area contributed by atoms with Gasteiger partial charge in [-0.1, -0.05) is 72.8 Å². The van der Waals surface area contributed by atoms with Crippen LogP contribution in [0.25, 0.3) is 66.1 Å². The molecule has 6 aromatic carbocycles. The Morgan fingerprint density at radius 3 is 1.57 bits per heavy atom. The van der Waals surface area contributed by atoms with Gasteiger partial charge in [0.25, 0.3) is 0 Å². The molecule has 4 heteroatoms. The number of rotatable bonds is 3. The second-order valence-electron chi connectivity index (χ2n) is 10.4. The Balaban J connectivity index is 1.62. The number of benzene rings is 6. The minimum absolute atomic E-state index is 0.459. The average Bonchev–Trinajstić information content (AvgIpc) is 3.57. The molecule has 0 amide bonds. The van der Waals surface area contributed by atoms with Crippen molar-refractivity contribution in [2.75, 3.05) is 0 Å². The zero-order valence-corrected chi connectivity index (χ0v) is 22.5. The van der Waals surface area contributed by atoms with Gasteiger partial charge in [-0.3, -0.25) is 0 Å². The molecule has 0 saturated carbocycles. The number of aromatic nitrogens is 2. The van der Waals surface area contributed by atoms with Gasteiger partial charge in [0.15, 0.2) is 0 Å². The van der Waals surface area contributed by atoms with Crippen LogP contribution in [0, 0.1) is 22.7 Å². The van der Waals surface area contributed by atoms with Crippen LogP contribution >= 0.6 is 0 Å². The first-order chi connectivity index (χ1) is 20.8. The molecule has 0 saturated heterocycles.